The van der Waals surface area contributed by atoms with Crippen LogP contribution >= 0.6 is 0 Å². The van der Waals surface area contributed by atoms with Crippen molar-refractivity contribution < 1.29 is 8.78 Å². The molecule has 1 atom stereocenters. The third-order valence-electron chi connectivity index (χ3n) is 3.10. The first-order valence-corrected chi connectivity index (χ1v) is 6.85. The van der Waals surface area contributed by atoms with Gasteiger partial charge in [0, 0.05) is 6.04 Å². The molecule has 0 aliphatic carbocycles. The summed E-state index contributed by atoms with van der Waals surface area (Å²) in [5.41, 5.74) is 1.55. The first-order chi connectivity index (χ1) is 9.04. The highest BCUT2D eigenvalue weighted by Gasteiger charge is 2.14. The van der Waals surface area contributed by atoms with Crippen LogP contribution in [0.2, 0.25) is 0 Å². The van der Waals surface area contributed by atoms with Crippen molar-refractivity contribution in [1.29, 1.82) is 0 Å². The van der Waals surface area contributed by atoms with Crippen molar-refractivity contribution >= 4 is 0 Å². The van der Waals surface area contributed by atoms with Crippen molar-refractivity contribution in [3.05, 3.63) is 47.5 Å². The van der Waals surface area contributed by atoms with E-state index < -0.39 is 11.6 Å². The molecule has 19 heavy (non-hydrogen) atoms. The molecule has 106 valence electrons. The number of halogens is 2. The van der Waals surface area contributed by atoms with Crippen molar-refractivity contribution in [2.75, 3.05) is 6.54 Å². The van der Waals surface area contributed by atoms with Gasteiger partial charge in [-0.2, -0.15) is 0 Å². The van der Waals surface area contributed by atoms with E-state index in [0.717, 1.165) is 37.4 Å². The van der Waals surface area contributed by atoms with Gasteiger partial charge in [0.1, 0.15) is 0 Å². The average molecular weight is 267 g/mol. The molecule has 0 spiro atoms. The summed E-state index contributed by atoms with van der Waals surface area (Å²) in [5.74, 6) is -1.49. The van der Waals surface area contributed by atoms with Gasteiger partial charge in [-0.05, 0) is 50.8 Å². The van der Waals surface area contributed by atoms with Gasteiger partial charge < -0.3 is 5.32 Å². The van der Waals surface area contributed by atoms with Gasteiger partial charge in [0.05, 0.1) is 0 Å². The molecule has 3 heteroatoms. The molecule has 0 aliphatic rings. The quantitative estimate of drug-likeness (QED) is 0.695. The lowest BCUT2D eigenvalue weighted by Gasteiger charge is -2.19. The monoisotopic (exact) mass is 267 g/mol. The lowest BCUT2D eigenvalue weighted by molar-refractivity contribution is 0.453. The zero-order valence-electron chi connectivity index (χ0n) is 11.8. The van der Waals surface area contributed by atoms with Crippen LogP contribution in [-0.2, 0) is 6.42 Å². The predicted octanol–water partition coefficient (Wildman–Crippen LogP) is 4.23. The second-order valence-corrected chi connectivity index (χ2v) is 5.06. The van der Waals surface area contributed by atoms with Crippen LogP contribution in [0, 0.1) is 11.6 Å². The minimum Gasteiger partial charge on any atom is -0.314 e. The summed E-state index contributed by atoms with van der Waals surface area (Å²) in [6, 6.07) is 4.53. The van der Waals surface area contributed by atoms with Crippen LogP contribution in [-0.4, -0.2) is 12.6 Å². The molecule has 1 nitrogen and oxygen atoms in total. The van der Waals surface area contributed by atoms with Gasteiger partial charge in [-0.15, -0.1) is 6.58 Å². The number of allylic oxidation sites excluding steroid dienone is 1. The molecule has 1 aromatic rings. The summed E-state index contributed by atoms with van der Waals surface area (Å²) in [7, 11) is 0. The van der Waals surface area contributed by atoms with Crippen LogP contribution < -0.4 is 5.32 Å². The molecule has 1 unspecified atom stereocenters. The van der Waals surface area contributed by atoms with Crippen LogP contribution in [0.4, 0.5) is 8.78 Å². The van der Waals surface area contributed by atoms with Crippen molar-refractivity contribution in [3.8, 4) is 0 Å². The maximum Gasteiger partial charge on any atom is 0.162 e. The lowest BCUT2D eigenvalue weighted by Crippen LogP contribution is -2.32. The maximum atomic E-state index is 13.7. The van der Waals surface area contributed by atoms with Gasteiger partial charge in [0.2, 0.25) is 0 Å². The predicted molar refractivity (Wildman–Crippen MR) is 76.2 cm³/mol. The molecule has 0 aliphatic heterocycles. The van der Waals surface area contributed by atoms with E-state index in [4.69, 9.17) is 0 Å². The van der Waals surface area contributed by atoms with Gasteiger partial charge >= 0.3 is 0 Å². The van der Waals surface area contributed by atoms with E-state index in [0.29, 0.717) is 12.0 Å². The van der Waals surface area contributed by atoms with Gasteiger partial charge in [-0.1, -0.05) is 24.6 Å². The lowest BCUT2D eigenvalue weighted by atomic mass is 9.99. The Morgan fingerprint density at radius 2 is 2.11 bits per heavy atom. The molecule has 1 aromatic carbocycles. The van der Waals surface area contributed by atoms with Gasteiger partial charge in [-0.25, -0.2) is 8.78 Å². The van der Waals surface area contributed by atoms with Crippen LogP contribution in [0.5, 0.6) is 0 Å². The third kappa shape index (κ3) is 5.52. The summed E-state index contributed by atoms with van der Waals surface area (Å²) in [6.45, 7) is 8.85. The van der Waals surface area contributed by atoms with E-state index in [1.807, 2.05) is 6.92 Å². The minimum absolute atomic E-state index is 0.160. The van der Waals surface area contributed by atoms with E-state index >= 15 is 0 Å². The van der Waals surface area contributed by atoms with Gasteiger partial charge in [0.15, 0.2) is 11.6 Å². The molecule has 0 saturated carbocycles. The molecule has 0 aromatic heterocycles. The highest BCUT2D eigenvalue weighted by molar-refractivity contribution is 5.20. The number of hydrogen-bond acceptors (Lipinski definition) is 1. The van der Waals surface area contributed by atoms with Gasteiger partial charge in [0.25, 0.3) is 0 Å². The normalized spacial score (nSPS) is 12.4. The summed E-state index contributed by atoms with van der Waals surface area (Å²) in [6.07, 6.45) is 3.33. The van der Waals surface area contributed by atoms with Crippen LogP contribution in [0.15, 0.2) is 30.4 Å². The highest BCUT2D eigenvalue weighted by Crippen LogP contribution is 2.16. The third-order valence-corrected chi connectivity index (χ3v) is 3.10. The molecule has 0 amide bonds. The number of rotatable bonds is 8. The van der Waals surface area contributed by atoms with Gasteiger partial charge in [-0.3, -0.25) is 0 Å². The second-order valence-electron chi connectivity index (χ2n) is 5.06. The maximum absolute atomic E-state index is 13.7. The Hall–Kier alpha value is -1.22. The smallest absolute Gasteiger partial charge is 0.162 e. The van der Waals surface area contributed by atoms with Crippen molar-refractivity contribution in [1.82, 2.24) is 5.32 Å². The largest absolute Gasteiger partial charge is 0.314 e. The molecular formula is C16H23F2N. The molecular weight excluding hydrogens is 244 g/mol. The summed E-state index contributed by atoms with van der Waals surface area (Å²) >= 11 is 0. The van der Waals surface area contributed by atoms with E-state index in [9.17, 15) is 8.78 Å². The van der Waals surface area contributed by atoms with E-state index in [2.05, 4.69) is 18.8 Å². The molecule has 0 radical (unpaired) electrons. The van der Waals surface area contributed by atoms with Crippen molar-refractivity contribution in [3.63, 3.8) is 0 Å². The van der Waals surface area contributed by atoms with Crippen LogP contribution in [0.25, 0.3) is 0 Å². The van der Waals surface area contributed by atoms with Crippen molar-refractivity contribution in [2.24, 2.45) is 0 Å². The standard InChI is InChI=1S/C16H23F2N/c1-4-10-19-14(9-8-12(2)3)11-13-6-5-7-15(17)16(13)18/h5-7,14,19H,2,4,8-11H2,1,3H3. The zero-order valence-corrected chi connectivity index (χ0v) is 11.8. The fourth-order valence-corrected chi connectivity index (χ4v) is 2.02. The first kappa shape index (κ1) is 15.8. The summed E-state index contributed by atoms with van der Waals surface area (Å²) in [4.78, 5) is 0. The number of benzene rings is 1. The summed E-state index contributed by atoms with van der Waals surface area (Å²) in [5, 5.41) is 3.39. The SMILES string of the molecule is C=C(C)CCC(Cc1cccc(F)c1F)NCCC. The van der Waals surface area contributed by atoms with E-state index in [1.54, 1.807) is 12.1 Å². The van der Waals surface area contributed by atoms with E-state index in [1.165, 1.54) is 0 Å². The molecule has 0 fully saturated rings. The Bertz CT molecular complexity index is 415. The first-order valence-electron chi connectivity index (χ1n) is 6.85. The summed E-state index contributed by atoms with van der Waals surface area (Å²) < 4.78 is 26.8. The molecule has 0 saturated heterocycles. The van der Waals surface area contributed by atoms with Crippen LogP contribution in [0.1, 0.15) is 38.7 Å². The zero-order chi connectivity index (χ0) is 14.3. The fraction of sp³-hybridized carbons (Fsp3) is 0.500. The fourth-order valence-electron chi connectivity index (χ4n) is 2.02. The van der Waals surface area contributed by atoms with E-state index in [-0.39, 0.29) is 6.04 Å². The number of nitrogens with one attached hydrogen (secondary N) is 1. The molecule has 1 N–H and O–H groups in total. The Balaban J connectivity index is 2.69. The highest BCUT2D eigenvalue weighted by atomic mass is 19.2. The molecule has 0 heterocycles. The van der Waals surface area contributed by atoms with Crippen molar-refractivity contribution in [2.45, 2.75) is 45.6 Å². The molecule has 1 rings (SSSR count). The minimum atomic E-state index is -0.772. The topological polar surface area (TPSA) is 12.0 Å². The Labute approximate surface area is 114 Å². The molecule has 0 bridgehead atoms. The Morgan fingerprint density at radius 1 is 1.37 bits per heavy atom. The van der Waals surface area contributed by atoms with Crippen LogP contribution in [0.3, 0.4) is 0 Å². The average Bonchev–Trinajstić information content (AvgIpc) is 2.37. The number of hydrogen-bond donors (Lipinski definition) is 1. The Kier molecular flexibility index (Phi) is 6.71. The Morgan fingerprint density at radius 3 is 2.74 bits per heavy atom. The second kappa shape index (κ2) is 8.05.